The van der Waals surface area contributed by atoms with E-state index in [1.54, 1.807) is 4.90 Å². The number of nitrogens with zero attached hydrogens (tertiary/aromatic N) is 1. The van der Waals surface area contributed by atoms with E-state index in [-0.39, 0.29) is 29.5 Å². The van der Waals surface area contributed by atoms with Crippen molar-refractivity contribution in [3.63, 3.8) is 0 Å². The number of benzene rings is 1. The standard InChI is InChI=1S/C18H23N3O6/c1-12(22)21-6-4-20(5-7-21)11-16(23)19-15-9-13(17(24)26-2)8-14(10-15)18(25)27-3/h8-10H,4-7,11H2,1-3H3,(H,19,23)/p+1. The Morgan fingerprint density at radius 1 is 1.00 bits per heavy atom. The monoisotopic (exact) mass is 378 g/mol. The van der Waals surface area contributed by atoms with Crippen LogP contribution in [0.15, 0.2) is 18.2 Å². The Morgan fingerprint density at radius 3 is 1.96 bits per heavy atom. The van der Waals surface area contributed by atoms with Crippen molar-refractivity contribution in [2.45, 2.75) is 6.92 Å². The number of amides is 2. The van der Waals surface area contributed by atoms with Gasteiger partial charge in [0.2, 0.25) is 5.91 Å². The second kappa shape index (κ2) is 9.13. The molecule has 1 aromatic rings. The van der Waals surface area contributed by atoms with Crippen LogP contribution in [0, 0.1) is 0 Å². The van der Waals surface area contributed by atoms with E-state index in [9.17, 15) is 19.2 Å². The molecule has 2 rings (SSSR count). The first kappa shape index (κ1) is 20.4. The average molecular weight is 378 g/mol. The van der Waals surface area contributed by atoms with Gasteiger partial charge in [-0.05, 0) is 18.2 Å². The van der Waals surface area contributed by atoms with Gasteiger partial charge >= 0.3 is 11.9 Å². The number of piperazine rings is 1. The maximum atomic E-state index is 12.4. The molecule has 1 aromatic carbocycles. The summed E-state index contributed by atoms with van der Waals surface area (Å²) in [5, 5.41) is 2.71. The Morgan fingerprint density at radius 2 is 1.52 bits per heavy atom. The van der Waals surface area contributed by atoms with Crippen molar-refractivity contribution in [1.82, 2.24) is 4.90 Å². The first-order valence-corrected chi connectivity index (χ1v) is 8.54. The molecule has 9 heteroatoms. The third-order valence-electron chi connectivity index (χ3n) is 4.39. The van der Waals surface area contributed by atoms with E-state index in [1.807, 2.05) is 0 Å². The molecule has 1 saturated heterocycles. The van der Waals surface area contributed by atoms with Crippen molar-refractivity contribution >= 4 is 29.4 Å². The SMILES string of the molecule is COC(=O)c1cc(NC(=O)C[NH+]2CCN(C(C)=O)CC2)cc(C(=O)OC)c1. The number of anilines is 1. The Kier molecular flexibility index (Phi) is 6.89. The summed E-state index contributed by atoms with van der Waals surface area (Å²) < 4.78 is 9.35. The molecule has 146 valence electrons. The van der Waals surface area contributed by atoms with Crippen LogP contribution in [0.1, 0.15) is 27.6 Å². The fourth-order valence-corrected chi connectivity index (χ4v) is 2.92. The molecule has 1 fully saturated rings. The highest BCUT2D eigenvalue weighted by Gasteiger charge is 2.23. The Labute approximate surface area is 157 Å². The quantitative estimate of drug-likeness (QED) is 0.633. The number of methoxy groups -OCH3 is 2. The summed E-state index contributed by atoms with van der Waals surface area (Å²) in [5.41, 5.74) is 0.585. The van der Waals surface area contributed by atoms with E-state index in [0.717, 1.165) is 4.90 Å². The maximum Gasteiger partial charge on any atom is 0.337 e. The van der Waals surface area contributed by atoms with E-state index >= 15 is 0 Å². The van der Waals surface area contributed by atoms with Gasteiger partial charge in [0.1, 0.15) is 0 Å². The second-order valence-electron chi connectivity index (χ2n) is 6.26. The summed E-state index contributed by atoms with van der Waals surface area (Å²) in [4.78, 5) is 50.1. The minimum Gasteiger partial charge on any atom is -0.465 e. The van der Waals surface area contributed by atoms with Crippen molar-refractivity contribution in [2.75, 3.05) is 52.3 Å². The Bertz CT molecular complexity index is 706. The van der Waals surface area contributed by atoms with Gasteiger partial charge in [-0.1, -0.05) is 0 Å². The van der Waals surface area contributed by atoms with Crippen LogP contribution in [-0.4, -0.2) is 75.6 Å². The van der Waals surface area contributed by atoms with Gasteiger partial charge in [0.25, 0.3) is 5.91 Å². The van der Waals surface area contributed by atoms with Crippen molar-refractivity contribution in [3.8, 4) is 0 Å². The van der Waals surface area contributed by atoms with E-state index < -0.39 is 11.9 Å². The van der Waals surface area contributed by atoms with Gasteiger partial charge in [0, 0.05) is 12.6 Å². The average Bonchev–Trinajstić information content (AvgIpc) is 2.66. The predicted octanol–water partition coefficient (Wildman–Crippen LogP) is -1.05. The number of carbonyl (C=O) groups is 4. The minimum atomic E-state index is -0.623. The molecule has 27 heavy (non-hydrogen) atoms. The molecule has 0 aromatic heterocycles. The molecule has 0 aliphatic carbocycles. The molecule has 0 bridgehead atoms. The summed E-state index contributed by atoms with van der Waals surface area (Å²) in [6.45, 7) is 4.35. The van der Waals surface area contributed by atoms with Gasteiger partial charge in [-0.2, -0.15) is 0 Å². The van der Waals surface area contributed by atoms with E-state index in [0.29, 0.717) is 31.9 Å². The van der Waals surface area contributed by atoms with Gasteiger partial charge < -0.3 is 24.6 Å². The lowest BCUT2D eigenvalue weighted by Crippen LogP contribution is -3.15. The number of ether oxygens (including phenoxy) is 2. The van der Waals surface area contributed by atoms with Crippen molar-refractivity contribution in [3.05, 3.63) is 29.3 Å². The molecule has 0 radical (unpaired) electrons. The molecule has 2 N–H and O–H groups in total. The third kappa shape index (κ3) is 5.52. The predicted molar refractivity (Wildman–Crippen MR) is 95.6 cm³/mol. The highest BCUT2D eigenvalue weighted by Crippen LogP contribution is 2.17. The summed E-state index contributed by atoms with van der Waals surface area (Å²) in [6, 6.07) is 4.23. The zero-order chi connectivity index (χ0) is 20.0. The van der Waals surface area contributed by atoms with Crippen LogP contribution < -0.4 is 10.2 Å². The molecular formula is C18H24N3O6+. The third-order valence-corrected chi connectivity index (χ3v) is 4.39. The van der Waals surface area contributed by atoms with Crippen LogP contribution in [0.3, 0.4) is 0 Å². The van der Waals surface area contributed by atoms with Crippen LogP contribution in [0.25, 0.3) is 0 Å². The van der Waals surface area contributed by atoms with Crippen molar-refractivity contribution < 1.29 is 33.6 Å². The van der Waals surface area contributed by atoms with E-state index in [4.69, 9.17) is 0 Å². The summed E-state index contributed by atoms with van der Waals surface area (Å²) in [6.07, 6.45) is 0. The zero-order valence-electron chi connectivity index (χ0n) is 15.7. The Hall–Kier alpha value is -2.94. The molecule has 0 unspecified atom stereocenters. The smallest absolute Gasteiger partial charge is 0.337 e. The number of nitrogens with one attached hydrogen (secondary N) is 2. The first-order chi connectivity index (χ1) is 12.8. The number of hydrogen-bond donors (Lipinski definition) is 2. The first-order valence-electron chi connectivity index (χ1n) is 8.54. The van der Waals surface area contributed by atoms with E-state index in [2.05, 4.69) is 14.8 Å². The van der Waals surface area contributed by atoms with Gasteiger partial charge in [-0.15, -0.1) is 0 Å². The van der Waals surface area contributed by atoms with Crippen LogP contribution in [-0.2, 0) is 19.1 Å². The topological polar surface area (TPSA) is 106 Å². The number of esters is 2. The molecule has 1 heterocycles. The van der Waals surface area contributed by atoms with Gasteiger partial charge in [-0.25, -0.2) is 9.59 Å². The summed E-state index contributed by atoms with van der Waals surface area (Å²) in [7, 11) is 2.46. The lowest BCUT2D eigenvalue weighted by molar-refractivity contribution is -0.895. The molecule has 0 atom stereocenters. The van der Waals surface area contributed by atoms with Crippen LogP contribution in [0.5, 0.6) is 0 Å². The molecule has 0 spiro atoms. The highest BCUT2D eigenvalue weighted by atomic mass is 16.5. The molecule has 1 aliphatic rings. The fourth-order valence-electron chi connectivity index (χ4n) is 2.92. The molecule has 2 amide bonds. The second-order valence-corrected chi connectivity index (χ2v) is 6.26. The normalized spacial score (nSPS) is 14.4. The molecule has 1 aliphatic heterocycles. The van der Waals surface area contributed by atoms with Crippen LogP contribution in [0.2, 0.25) is 0 Å². The Balaban J connectivity index is 2.05. The van der Waals surface area contributed by atoms with Crippen LogP contribution in [0.4, 0.5) is 5.69 Å². The highest BCUT2D eigenvalue weighted by molar-refractivity contribution is 5.99. The van der Waals surface area contributed by atoms with Gasteiger partial charge in [0.15, 0.2) is 6.54 Å². The van der Waals surface area contributed by atoms with Gasteiger partial charge in [-0.3, -0.25) is 9.59 Å². The fraction of sp³-hybridized carbons (Fsp3) is 0.444. The molecule has 0 saturated carbocycles. The lowest BCUT2D eigenvalue weighted by atomic mass is 10.1. The number of rotatable bonds is 5. The van der Waals surface area contributed by atoms with Crippen LogP contribution >= 0.6 is 0 Å². The van der Waals surface area contributed by atoms with E-state index in [1.165, 1.54) is 39.3 Å². The summed E-state index contributed by atoms with van der Waals surface area (Å²) >= 11 is 0. The lowest BCUT2D eigenvalue weighted by Gasteiger charge is -2.31. The molecular weight excluding hydrogens is 354 g/mol. The largest absolute Gasteiger partial charge is 0.465 e. The zero-order valence-corrected chi connectivity index (χ0v) is 15.7. The van der Waals surface area contributed by atoms with Crippen molar-refractivity contribution in [2.24, 2.45) is 0 Å². The minimum absolute atomic E-state index is 0.0356. The summed E-state index contributed by atoms with van der Waals surface area (Å²) in [5.74, 6) is -1.46. The number of hydrogen-bond acceptors (Lipinski definition) is 6. The number of quaternary nitrogens is 1. The maximum absolute atomic E-state index is 12.4. The molecule has 9 nitrogen and oxygen atoms in total. The number of carbonyl (C=O) groups excluding carboxylic acids is 4. The van der Waals surface area contributed by atoms with Crippen molar-refractivity contribution in [1.29, 1.82) is 0 Å². The van der Waals surface area contributed by atoms with Gasteiger partial charge in [0.05, 0.1) is 51.5 Å².